The Kier molecular flexibility index (Phi) is 4.04. The Balaban J connectivity index is 1.99. The fraction of sp³-hybridized carbons (Fsp3) is 0.385. The molecule has 1 aromatic heterocycles. The molecule has 0 aliphatic rings. The number of nitrogens with zero attached hydrogens (tertiary/aromatic N) is 2. The van der Waals surface area contributed by atoms with Crippen LogP contribution in [-0.4, -0.2) is 10.1 Å². The second kappa shape index (κ2) is 5.73. The van der Waals surface area contributed by atoms with Crippen molar-refractivity contribution in [3.63, 3.8) is 0 Å². The van der Waals surface area contributed by atoms with Crippen molar-refractivity contribution in [2.75, 3.05) is 0 Å². The minimum atomic E-state index is -0.220. The summed E-state index contributed by atoms with van der Waals surface area (Å²) in [4.78, 5) is 4.12. The van der Waals surface area contributed by atoms with E-state index in [0.717, 1.165) is 12.0 Å². The molecule has 5 heteroatoms. The van der Waals surface area contributed by atoms with Crippen molar-refractivity contribution in [1.29, 1.82) is 0 Å². The van der Waals surface area contributed by atoms with E-state index in [1.807, 2.05) is 0 Å². The van der Waals surface area contributed by atoms with Crippen LogP contribution >= 0.6 is 0 Å². The van der Waals surface area contributed by atoms with Gasteiger partial charge in [0.2, 0.25) is 5.89 Å². The van der Waals surface area contributed by atoms with Crippen LogP contribution in [0.5, 0.6) is 0 Å². The van der Waals surface area contributed by atoms with Gasteiger partial charge in [0.05, 0.1) is 6.54 Å². The SMILES string of the molecule is CCC(NCc1noc(C)n1)c1ccc(F)cc1. The van der Waals surface area contributed by atoms with Crippen molar-refractivity contribution in [2.24, 2.45) is 0 Å². The highest BCUT2D eigenvalue weighted by atomic mass is 19.1. The molecule has 1 aromatic carbocycles. The van der Waals surface area contributed by atoms with Crippen LogP contribution in [0.1, 0.15) is 36.7 Å². The molecule has 1 N–H and O–H groups in total. The smallest absolute Gasteiger partial charge is 0.223 e. The molecular formula is C13H16FN3O. The molecule has 0 aliphatic heterocycles. The predicted molar refractivity (Wildman–Crippen MR) is 65.3 cm³/mol. The maximum atomic E-state index is 12.9. The van der Waals surface area contributed by atoms with Gasteiger partial charge >= 0.3 is 0 Å². The van der Waals surface area contributed by atoms with Crippen LogP contribution in [0.2, 0.25) is 0 Å². The molecule has 4 nitrogen and oxygen atoms in total. The average molecular weight is 249 g/mol. The molecule has 0 radical (unpaired) electrons. The van der Waals surface area contributed by atoms with Crippen LogP contribution in [0.3, 0.4) is 0 Å². The van der Waals surface area contributed by atoms with Gasteiger partial charge in [-0.1, -0.05) is 24.2 Å². The van der Waals surface area contributed by atoms with Crippen molar-refractivity contribution in [2.45, 2.75) is 32.9 Å². The number of halogens is 1. The van der Waals surface area contributed by atoms with Crippen LogP contribution in [-0.2, 0) is 6.54 Å². The molecule has 1 unspecified atom stereocenters. The summed E-state index contributed by atoms with van der Waals surface area (Å²) < 4.78 is 17.8. The van der Waals surface area contributed by atoms with E-state index in [1.165, 1.54) is 12.1 Å². The molecule has 0 saturated heterocycles. The van der Waals surface area contributed by atoms with Crippen LogP contribution in [0, 0.1) is 12.7 Å². The number of aromatic nitrogens is 2. The summed E-state index contributed by atoms with van der Waals surface area (Å²) in [6, 6.07) is 6.68. The van der Waals surface area contributed by atoms with Gasteiger partial charge in [0, 0.05) is 13.0 Å². The Hall–Kier alpha value is -1.75. The van der Waals surface area contributed by atoms with E-state index in [9.17, 15) is 4.39 Å². The molecule has 0 spiro atoms. The molecule has 0 fully saturated rings. The van der Waals surface area contributed by atoms with Gasteiger partial charge in [-0.2, -0.15) is 4.98 Å². The number of aryl methyl sites for hydroxylation is 1. The zero-order valence-electron chi connectivity index (χ0n) is 10.5. The van der Waals surface area contributed by atoms with Crippen molar-refractivity contribution in [3.05, 3.63) is 47.4 Å². The highest BCUT2D eigenvalue weighted by Gasteiger charge is 2.10. The predicted octanol–water partition coefficient (Wildman–Crippen LogP) is 2.76. The van der Waals surface area contributed by atoms with Crippen molar-refractivity contribution >= 4 is 0 Å². The third-order valence-electron chi connectivity index (χ3n) is 2.76. The first-order valence-electron chi connectivity index (χ1n) is 5.97. The first-order valence-corrected chi connectivity index (χ1v) is 5.97. The molecule has 0 amide bonds. The monoisotopic (exact) mass is 249 g/mol. The van der Waals surface area contributed by atoms with E-state index >= 15 is 0 Å². The minimum absolute atomic E-state index is 0.157. The minimum Gasteiger partial charge on any atom is -0.340 e. The molecule has 96 valence electrons. The van der Waals surface area contributed by atoms with Crippen LogP contribution in [0.25, 0.3) is 0 Å². The quantitative estimate of drug-likeness (QED) is 0.885. The lowest BCUT2D eigenvalue weighted by atomic mass is 10.0. The maximum absolute atomic E-state index is 12.9. The van der Waals surface area contributed by atoms with Gasteiger partial charge in [-0.25, -0.2) is 4.39 Å². The van der Waals surface area contributed by atoms with E-state index in [-0.39, 0.29) is 11.9 Å². The Morgan fingerprint density at radius 3 is 2.61 bits per heavy atom. The second-order valence-electron chi connectivity index (χ2n) is 4.12. The lowest BCUT2D eigenvalue weighted by molar-refractivity contribution is 0.383. The molecule has 0 saturated carbocycles. The fourth-order valence-corrected chi connectivity index (χ4v) is 1.82. The average Bonchev–Trinajstić information content (AvgIpc) is 2.78. The molecule has 2 aromatic rings. The summed E-state index contributed by atoms with van der Waals surface area (Å²) in [6.45, 7) is 4.36. The van der Waals surface area contributed by atoms with Gasteiger partial charge in [-0.3, -0.25) is 0 Å². The van der Waals surface area contributed by atoms with Gasteiger partial charge in [0.1, 0.15) is 5.82 Å². The summed E-state index contributed by atoms with van der Waals surface area (Å²) in [5, 5.41) is 7.15. The highest BCUT2D eigenvalue weighted by molar-refractivity contribution is 5.19. The van der Waals surface area contributed by atoms with Crippen molar-refractivity contribution in [1.82, 2.24) is 15.5 Å². The normalized spacial score (nSPS) is 12.6. The number of nitrogens with one attached hydrogen (secondary N) is 1. The molecule has 2 rings (SSSR count). The van der Waals surface area contributed by atoms with Crippen molar-refractivity contribution in [3.8, 4) is 0 Å². The zero-order chi connectivity index (χ0) is 13.0. The number of hydrogen-bond acceptors (Lipinski definition) is 4. The topological polar surface area (TPSA) is 51.0 Å². The van der Waals surface area contributed by atoms with Crippen LogP contribution in [0.4, 0.5) is 4.39 Å². The molecule has 1 heterocycles. The second-order valence-corrected chi connectivity index (χ2v) is 4.12. The largest absolute Gasteiger partial charge is 0.340 e. The summed E-state index contributed by atoms with van der Waals surface area (Å²) in [7, 11) is 0. The first-order chi connectivity index (χ1) is 8.69. The van der Waals surface area contributed by atoms with Gasteiger partial charge in [-0.15, -0.1) is 0 Å². The Morgan fingerprint density at radius 1 is 1.33 bits per heavy atom. The first kappa shape index (κ1) is 12.7. The molecule has 1 atom stereocenters. The zero-order valence-corrected chi connectivity index (χ0v) is 10.5. The van der Waals surface area contributed by atoms with E-state index in [1.54, 1.807) is 19.1 Å². The molecule has 18 heavy (non-hydrogen) atoms. The van der Waals surface area contributed by atoms with Crippen molar-refractivity contribution < 1.29 is 8.91 Å². The van der Waals surface area contributed by atoms with Gasteiger partial charge < -0.3 is 9.84 Å². The number of rotatable bonds is 5. The van der Waals surface area contributed by atoms with E-state index < -0.39 is 0 Å². The third-order valence-corrected chi connectivity index (χ3v) is 2.76. The van der Waals surface area contributed by atoms with Crippen LogP contribution in [0.15, 0.2) is 28.8 Å². The van der Waals surface area contributed by atoms with Gasteiger partial charge in [-0.05, 0) is 24.1 Å². The van der Waals surface area contributed by atoms with Gasteiger partial charge in [0.25, 0.3) is 0 Å². The Labute approximate surface area is 105 Å². The summed E-state index contributed by atoms with van der Waals surface area (Å²) in [5.41, 5.74) is 1.05. The van der Waals surface area contributed by atoms with Gasteiger partial charge in [0.15, 0.2) is 5.82 Å². The van der Waals surface area contributed by atoms with E-state index in [2.05, 4.69) is 22.4 Å². The standard InChI is InChI=1S/C13H16FN3O/c1-3-12(10-4-6-11(14)7-5-10)15-8-13-16-9(2)18-17-13/h4-7,12,15H,3,8H2,1-2H3. The highest BCUT2D eigenvalue weighted by Crippen LogP contribution is 2.17. The molecule has 0 bridgehead atoms. The lowest BCUT2D eigenvalue weighted by Crippen LogP contribution is -2.20. The maximum Gasteiger partial charge on any atom is 0.223 e. The van der Waals surface area contributed by atoms with E-state index in [4.69, 9.17) is 4.52 Å². The molecule has 0 aliphatic carbocycles. The fourth-order valence-electron chi connectivity index (χ4n) is 1.82. The lowest BCUT2D eigenvalue weighted by Gasteiger charge is -2.16. The summed E-state index contributed by atoms with van der Waals surface area (Å²) in [6.07, 6.45) is 0.905. The third kappa shape index (κ3) is 3.13. The summed E-state index contributed by atoms with van der Waals surface area (Å²) in [5.74, 6) is 0.970. The molecular weight excluding hydrogens is 233 g/mol. The number of hydrogen-bond donors (Lipinski definition) is 1. The Morgan fingerprint density at radius 2 is 2.06 bits per heavy atom. The van der Waals surface area contributed by atoms with E-state index in [0.29, 0.717) is 18.3 Å². The van der Waals surface area contributed by atoms with Crippen LogP contribution < -0.4 is 5.32 Å². The number of benzene rings is 1. The Bertz CT molecular complexity index is 495. The summed E-state index contributed by atoms with van der Waals surface area (Å²) >= 11 is 0.